The number of nitrogens with two attached hydrogens (primary N) is 1. The fourth-order valence-electron chi connectivity index (χ4n) is 1.47. The number of nitrogen functional groups attached to an aromatic ring is 1. The molecule has 0 spiro atoms. The average Bonchev–Trinajstić information content (AvgIpc) is 2.17. The summed E-state index contributed by atoms with van der Waals surface area (Å²) in [5, 5.41) is 5.59. The molecule has 1 aromatic carbocycles. The molecule has 0 atom stereocenters. The zero-order chi connectivity index (χ0) is 12.3. The quantitative estimate of drug-likeness (QED) is 0.671. The van der Waals surface area contributed by atoms with E-state index in [-0.39, 0.29) is 12.1 Å². The second-order valence-corrected chi connectivity index (χ2v) is 4.22. The Hall–Kier alpha value is -1.71. The molecule has 0 aliphatic heterocycles. The molecule has 0 aromatic heterocycles. The molecule has 16 heavy (non-hydrogen) atoms. The van der Waals surface area contributed by atoms with Crippen molar-refractivity contribution >= 4 is 17.4 Å². The minimum Gasteiger partial charge on any atom is -0.398 e. The minimum absolute atomic E-state index is 0.113. The number of hydrogen-bond donors (Lipinski definition) is 3. The van der Waals surface area contributed by atoms with E-state index >= 15 is 0 Å². The van der Waals surface area contributed by atoms with Crippen molar-refractivity contribution in [3.63, 3.8) is 0 Å². The van der Waals surface area contributed by atoms with Gasteiger partial charge in [0.25, 0.3) is 0 Å². The van der Waals surface area contributed by atoms with Crippen LogP contribution in [0.15, 0.2) is 12.1 Å². The largest absolute Gasteiger partial charge is 0.398 e. The van der Waals surface area contributed by atoms with E-state index in [0.29, 0.717) is 5.69 Å². The third-order valence-corrected chi connectivity index (χ3v) is 2.37. The lowest BCUT2D eigenvalue weighted by Crippen LogP contribution is -2.34. The number of amides is 2. The Morgan fingerprint density at radius 3 is 2.50 bits per heavy atom. The molecule has 0 unspecified atom stereocenters. The number of carbonyl (C=O) groups excluding carboxylic acids is 1. The monoisotopic (exact) mass is 221 g/mol. The lowest BCUT2D eigenvalue weighted by molar-refractivity contribution is 0.250. The van der Waals surface area contributed by atoms with Crippen molar-refractivity contribution in [3.8, 4) is 0 Å². The Kier molecular flexibility index (Phi) is 3.77. The Balaban J connectivity index is 2.88. The fourth-order valence-corrected chi connectivity index (χ4v) is 1.47. The van der Waals surface area contributed by atoms with Crippen molar-refractivity contribution in [2.45, 2.75) is 33.7 Å². The molecule has 0 radical (unpaired) electrons. The highest BCUT2D eigenvalue weighted by molar-refractivity contribution is 5.92. The topological polar surface area (TPSA) is 67.1 Å². The first kappa shape index (κ1) is 12.4. The van der Waals surface area contributed by atoms with E-state index in [0.717, 1.165) is 16.8 Å². The number of urea groups is 1. The zero-order valence-electron chi connectivity index (χ0n) is 10.2. The summed E-state index contributed by atoms with van der Waals surface area (Å²) in [5.74, 6) is 0. The summed E-state index contributed by atoms with van der Waals surface area (Å²) in [7, 11) is 0. The predicted molar refractivity (Wildman–Crippen MR) is 67.6 cm³/mol. The van der Waals surface area contributed by atoms with Gasteiger partial charge >= 0.3 is 6.03 Å². The molecule has 0 bridgehead atoms. The molecular weight excluding hydrogens is 202 g/mol. The van der Waals surface area contributed by atoms with Gasteiger partial charge in [-0.2, -0.15) is 0 Å². The van der Waals surface area contributed by atoms with Crippen LogP contribution in [-0.2, 0) is 0 Å². The molecule has 1 rings (SSSR count). The van der Waals surface area contributed by atoms with Crippen molar-refractivity contribution in [1.29, 1.82) is 0 Å². The molecule has 4 heteroatoms. The average molecular weight is 221 g/mol. The third-order valence-electron chi connectivity index (χ3n) is 2.37. The molecule has 2 amide bonds. The number of nitrogens with one attached hydrogen (secondary N) is 2. The second kappa shape index (κ2) is 4.88. The molecule has 0 aliphatic carbocycles. The van der Waals surface area contributed by atoms with Crippen LogP contribution in [0, 0.1) is 13.8 Å². The van der Waals surface area contributed by atoms with Crippen LogP contribution in [-0.4, -0.2) is 12.1 Å². The van der Waals surface area contributed by atoms with Crippen molar-refractivity contribution < 1.29 is 4.79 Å². The second-order valence-electron chi connectivity index (χ2n) is 4.22. The van der Waals surface area contributed by atoms with Crippen molar-refractivity contribution in [3.05, 3.63) is 23.3 Å². The first-order valence-electron chi connectivity index (χ1n) is 5.35. The van der Waals surface area contributed by atoms with E-state index in [2.05, 4.69) is 10.6 Å². The normalized spacial score (nSPS) is 10.3. The number of hydrogen-bond acceptors (Lipinski definition) is 2. The number of carbonyl (C=O) groups is 1. The Bertz CT molecular complexity index is 399. The third kappa shape index (κ3) is 2.89. The van der Waals surface area contributed by atoms with Gasteiger partial charge in [-0.25, -0.2) is 4.79 Å². The van der Waals surface area contributed by atoms with Gasteiger partial charge in [-0.1, -0.05) is 6.07 Å². The van der Waals surface area contributed by atoms with E-state index in [1.807, 2.05) is 39.8 Å². The van der Waals surface area contributed by atoms with E-state index in [4.69, 9.17) is 5.73 Å². The lowest BCUT2D eigenvalue weighted by atomic mass is 10.1. The molecule has 0 fully saturated rings. The van der Waals surface area contributed by atoms with Crippen LogP contribution < -0.4 is 16.4 Å². The molecule has 0 saturated heterocycles. The molecule has 0 aliphatic rings. The lowest BCUT2D eigenvalue weighted by Gasteiger charge is -2.15. The van der Waals surface area contributed by atoms with Crippen molar-refractivity contribution in [2.24, 2.45) is 0 Å². The summed E-state index contributed by atoms with van der Waals surface area (Å²) >= 11 is 0. The molecular formula is C12H19N3O. The van der Waals surface area contributed by atoms with E-state index < -0.39 is 0 Å². The minimum atomic E-state index is -0.202. The Morgan fingerprint density at radius 2 is 1.94 bits per heavy atom. The van der Waals surface area contributed by atoms with E-state index in [1.165, 1.54) is 0 Å². The number of rotatable bonds is 2. The summed E-state index contributed by atoms with van der Waals surface area (Å²) in [5.41, 5.74) is 9.18. The van der Waals surface area contributed by atoms with Gasteiger partial charge in [0.2, 0.25) is 0 Å². The van der Waals surface area contributed by atoms with Crippen LogP contribution in [0.2, 0.25) is 0 Å². The first-order chi connectivity index (χ1) is 7.41. The smallest absolute Gasteiger partial charge is 0.319 e. The van der Waals surface area contributed by atoms with Crippen LogP contribution in [0.4, 0.5) is 16.2 Å². The van der Waals surface area contributed by atoms with Gasteiger partial charge in [0.05, 0.1) is 5.69 Å². The standard InChI is InChI=1S/C12H19N3O/c1-7(2)14-12(16)15-11-8(3)5-6-10(13)9(11)4/h5-7H,13H2,1-4H3,(H2,14,15,16). The van der Waals surface area contributed by atoms with Gasteiger partial charge in [-0.05, 0) is 44.9 Å². The number of anilines is 2. The summed E-state index contributed by atoms with van der Waals surface area (Å²) < 4.78 is 0. The van der Waals surface area contributed by atoms with Gasteiger partial charge in [0.1, 0.15) is 0 Å². The molecule has 0 saturated carbocycles. The summed E-state index contributed by atoms with van der Waals surface area (Å²) in [6, 6.07) is 3.65. The van der Waals surface area contributed by atoms with E-state index in [9.17, 15) is 4.79 Å². The summed E-state index contributed by atoms with van der Waals surface area (Å²) in [6.45, 7) is 7.67. The fraction of sp³-hybridized carbons (Fsp3) is 0.417. The van der Waals surface area contributed by atoms with Crippen LogP contribution in [0.1, 0.15) is 25.0 Å². The van der Waals surface area contributed by atoms with Crippen LogP contribution >= 0.6 is 0 Å². The summed E-state index contributed by atoms with van der Waals surface area (Å²) in [4.78, 5) is 11.6. The van der Waals surface area contributed by atoms with Crippen LogP contribution in [0.5, 0.6) is 0 Å². The maximum absolute atomic E-state index is 11.6. The highest BCUT2D eigenvalue weighted by Gasteiger charge is 2.09. The van der Waals surface area contributed by atoms with Gasteiger partial charge in [-0.3, -0.25) is 0 Å². The predicted octanol–water partition coefficient (Wildman–Crippen LogP) is 2.42. The summed E-state index contributed by atoms with van der Waals surface area (Å²) in [6.07, 6.45) is 0. The highest BCUT2D eigenvalue weighted by Crippen LogP contribution is 2.24. The maximum Gasteiger partial charge on any atom is 0.319 e. The van der Waals surface area contributed by atoms with Crippen LogP contribution in [0.25, 0.3) is 0 Å². The zero-order valence-corrected chi connectivity index (χ0v) is 10.2. The van der Waals surface area contributed by atoms with Gasteiger partial charge < -0.3 is 16.4 Å². The SMILES string of the molecule is Cc1ccc(N)c(C)c1NC(=O)NC(C)C. The number of benzene rings is 1. The molecule has 4 N–H and O–H groups in total. The molecule has 88 valence electrons. The Morgan fingerprint density at radius 1 is 1.31 bits per heavy atom. The number of aryl methyl sites for hydroxylation is 1. The molecule has 0 heterocycles. The first-order valence-corrected chi connectivity index (χ1v) is 5.35. The molecule has 1 aromatic rings. The van der Waals surface area contributed by atoms with Gasteiger partial charge in [-0.15, -0.1) is 0 Å². The van der Waals surface area contributed by atoms with Crippen LogP contribution in [0.3, 0.4) is 0 Å². The van der Waals surface area contributed by atoms with Gasteiger partial charge in [0, 0.05) is 11.7 Å². The highest BCUT2D eigenvalue weighted by atomic mass is 16.2. The Labute approximate surface area is 96.2 Å². The van der Waals surface area contributed by atoms with E-state index in [1.54, 1.807) is 0 Å². The van der Waals surface area contributed by atoms with Gasteiger partial charge in [0.15, 0.2) is 0 Å². The maximum atomic E-state index is 11.6. The molecule has 4 nitrogen and oxygen atoms in total. The van der Waals surface area contributed by atoms with Crippen molar-refractivity contribution in [2.75, 3.05) is 11.1 Å². The van der Waals surface area contributed by atoms with Crippen molar-refractivity contribution in [1.82, 2.24) is 5.32 Å².